The summed E-state index contributed by atoms with van der Waals surface area (Å²) < 4.78 is 11.0. The fourth-order valence-corrected chi connectivity index (χ4v) is 2.23. The van der Waals surface area contributed by atoms with E-state index in [4.69, 9.17) is 15.2 Å². The molecule has 1 aromatic carbocycles. The molecule has 2 atom stereocenters. The highest BCUT2D eigenvalue weighted by Crippen LogP contribution is 2.22. The van der Waals surface area contributed by atoms with Crippen LogP contribution >= 0.6 is 0 Å². The van der Waals surface area contributed by atoms with Crippen molar-refractivity contribution in [3.05, 3.63) is 42.1 Å². The molecule has 94 valence electrons. The minimum atomic E-state index is -0.157. The van der Waals surface area contributed by atoms with Gasteiger partial charge in [-0.05, 0) is 23.8 Å². The zero-order valence-electron chi connectivity index (χ0n) is 10.1. The van der Waals surface area contributed by atoms with Gasteiger partial charge in [0.1, 0.15) is 6.10 Å². The Kier molecular flexibility index (Phi) is 3.23. The summed E-state index contributed by atoms with van der Waals surface area (Å²) in [7, 11) is 0. The summed E-state index contributed by atoms with van der Waals surface area (Å²) in [6.45, 7) is 1.84. The lowest BCUT2D eigenvalue weighted by atomic mass is 10.0. The molecule has 3 rings (SSSR count). The molecule has 18 heavy (non-hydrogen) atoms. The normalized spacial score (nSPS) is 21.9. The van der Waals surface area contributed by atoms with Crippen molar-refractivity contribution in [3.8, 4) is 0 Å². The van der Waals surface area contributed by atoms with E-state index < -0.39 is 0 Å². The van der Waals surface area contributed by atoms with Gasteiger partial charge in [-0.15, -0.1) is 0 Å². The van der Waals surface area contributed by atoms with Crippen molar-refractivity contribution in [2.24, 2.45) is 5.73 Å². The van der Waals surface area contributed by atoms with Crippen LogP contribution in [0.15, 0.2) is 36.5 Å². The number of pyridine rings is 1. The number of fused-ring (bicyclic) bond motifs is 1. The molecule has 0 saturated carbocycles. The second-order valence-electron chi connectivity index (χ2n) is 4.47. The van der Waals surface area contributed by atoms with Gasteiger partial charge in [0.2, 0.25) is 0 Å². The predicted molar refractivity (Wildman–Crippen MR) is 69.2 cm³/mol. The van der Waals surface area contributed by atoms with Gasteiger partial charge in [0.15, 0.2) is 0 Å². The topological polar surface area (TPSA) is 57.4 Å². The molecule has 2 heterocycles. The molecule has 2 aromatic rings. The Morgan fingerprint density at radius 1 is 1.28 bits per heavy atom. The maximum absolute atomic E-state index is 6.24. The van der Waals surface area contributed by atoms with Crippen LogP contribution in [0.3, 0.4) is 0 Å². The summed E-state index contributed by atoms with van der Waals surface area (Å²) >= 11 is 0. The number of nitrogens with two attached hydrogens (primary N) is 1. The molecule has 2 N–H and O–H groups in total. The van der Waals surface area contributed by atoms with Crippen molar-refractivity contribution in [1.82, 2.24) is 4.98 Å². The van der Waals surface area contributed by atoms with Gasteiger partial charge in [-0.1, -0.05) is 12.1 Å². The first-order valence-corrected chi connectivity index (χ1v) is 6.14. The Morgan fingerprint density at radius 2 is 2.22 bits per heavy atom. The molecule has 0 aliphatic carbocycles. The van der Waals surface area contributed by atoms with E-state index >= 15 is 0 Å². The highest BCUT2D eigenvalue weighted by atomic mass is 16.6. The summed E-state index contributed by atoms with van der Waals surface area (Å²) in [4.78, 5) is 4.30. The van der Waals surface area contributed by atoms with E-state index in [1.165, 1.54) is 0 Å². The first-order valence-electron chi connectivity index (χ1n) is 6.14. The van der Waals surface area contributed by atoms with Crippen molar-refractivity contribution in [2.45, 2.75) is 12.1 Å². The highest BCUT2D eigenvalue weighted by Gasteiger charge is 2.23. The quantitative estimate of drug-likeness (QED) is 0.872. The van der Waals surface area contributed by atoms with Gasteiger partial charge >= 0.3 is 0 Å². The predicted octanol–water partition coefficient (Wildman–Crippen LogP) is 1.65. The molecule has 2 unspecified atom stereocenters. The van der Waals surface area contributed by atoms with Crippen LogP contribution in [0.2, 0.25) is 0 Å². The van der Waals surface area contributed by atoms with Gasteiger partial charge in [0.05, 0.1) is 31.4 Å². The summed E-state index contributed by atoms with van der Waals surface area (Å²) in [6, 6.07) is 9.89. The van der Waals surface area contributed by atoms with E-state index in [-0.39, 0.29) is 12.1 Å². The zero-order chi connectivity index (χ0) is 12.4. The minimum absolute atomic E-state index is 0.0622. The molecule has 0 spiro atoms. The molecule has 4 nitrogen and oxygen atoms in total. The van der Waals surface area contributed by atoms with Crippen molar-refractivity contribution >= 4 is 10.9 Å². The molecule has 0 radical (unpaired) electrons. The van der Waals surface area contributed by atoms with Crippen LogP contribution in [0, 0.1) is 0 Å². The first kappa shape index (κ1) is 11.6. The fourth-order valence-electron chi connectivity index (χ4n) is 2.23. The van der Waals surface area contributed by atoms with Gasteiger partial charge < -0.3 is 15.2 Å². The second kappa shape index (κ2) is 5.02. The summed E-state index contributed by atoms with van der Waals surface area (Å²) in [5, 5.41) is 1.10. The average Bonchev–Trinajstić information content (AvgIpc) is 2.47. The summed E-state index contributed by atoms with van der Waals surface area (Å²) in [5.41, 5.74) is 8.28. The lowest BCUT2D eigenvalue weighted by Crippen LogP contribution is -2.37. The summed E-state index contributed by atoms with van der Waals surface area (Å²) in [6.07, 6.45) is 1.73. The van der Waals surface area contributed by atoms with Crippen molar-refractivity contribution in [3.63, 3.8) is 0 Å². The molecule has 1 aliphatic rings. The first-order chi connectivity index (χ1) is 8.84. The average molecular weight is 244 g/mol. The molecular formula is C14H16N2O2. The summed E-state index contributed by atoms with van der Waals surface area (Å²) in [5.74, 6) is 0. The van der Waals surface area contributed by atoms with Crippen LogP contribution in [0.4, 0.5) is 0 Å². The lowest BCUT2D eigenvalue weighted by molar-refractivity contribution is -0.0975. The maximum Gasteiger partial charge on any atom is 0.100 e. The number of rotatable bonds is 2. The molecule has 1 saturated heterocycles. The third-order valence-electron chi connectivity index (χ3n) is 3.25. The zero-order valence-corrected chi connectivity index (χ0v) is 10.1. The van der Waals surface area contributed by atoms with Crippen LogP contribution in [-0.2, 0) is 9.47 Å². The van der Waals surface area contributed by atoms with Crippen molar-refractivity contribution in [2.75, 3.05) is 19.8 Å². The van der Waals surface area contributed by atoms with E-state index in [2.05, 4.69) is 11.1 Å². The third kappa shape index (κ3) is 2.22. The lowest BCUT2D eigenvalue weighted by Gasteiger charge is -2.28. The number of hydrogen-bond donors (Lipinski definition) is 1. The van der Waals surface area contributed by atoms with Crippen LogP contribution < -0.4 is 5.73 Å². The SMILES string of the molecule is NC(c1ccc2ncccc2c1)C1COCCO1. The Bertz CT molecular complexity index is 538. The van der Waals surface area contributed by atoms with E-state index in [1.807, 2.05) is 24.3 Å². The van der Waals surface area contributed by atoms with Crippen LogP contribution in [-0.4, -0.2) is 30.9 Å². The largest absolute Gasteiger partial charge is 0.376 e. The molecule has 1 fully saturated rings. The molecule has 0 bridgehead atoms. The molecule has 1 aromatic heterocycles. The Labute approximate surface area is 106 Å². The monoisotopic (exact) mass is 244 g/mol. The number of benzene rings is 1. The number of hydrogen-bond acceptors (Lipinski definition) is 4. The highest BCUT2D eigenvalue weighted by molar-refractivity contribution is 5.79. The second-order valence-corrected chi connectivity index (χ2v) is 4.47. The van der Waals surface area contributed by atoms with Gasteiger partial charge in [0.25, 0.3) is 0 Å². The van der Waals surface area contributed by atoms with E-state index in [0.29, 0.717) is 19.8 Å². The van der Waals surface area contributed by atoms with E-state index in [9.17, 15) is 0 Å². The molecule has 0 amide bonds. The Balaban J connectivity index is 1.88. The Hall–Kier alpha value is -1.49. The van der Waals surface area contributed by atoms with E-state index in [0.717, 1.165) is 16.5 Å². The Morgan fingerprint density at radius 3 is 3.06 bits per heavy atom. The number of nitrogens with zero attached hydrogens (tertiary/aromatic N) is 1. The van der Waals surface area contributed by atoms with Crippen LogP contribution in [0.25, 0.3) is 10.9 Å². The van der Waals surface area contributed by atoms with Crippen molar-refractivity contribution < 1.29 is 9.47 Å². The maximum atomic E-state index is 6.24. The van der Waals surface area contributed by atoms with E-state index in [1.54, 1.807) is 6.20 Å². The number of aromatic nitrogens is 1. The number of ether oxygens (including phenoxy) is 2. The van der Waals surface area contributed by atoms with Crippen molar-refractivity contribution in [1.29, 1.82) is 0 Å². The van der Waals surface area contributed by atoms with Gasteiger partial charge in [-0.2, -0.15) is 0 Å². The smallest absolute Gasteiger partial charge is 0.100 e. The minimum Gasteiger partial charge on any atom is -0.376 e. The third-order valence-corrected chi connectivity index (χ3v) is 3.25. The standard InChI is InChI=1S/C14H16N2O2/c15-14(13-9-17-6-7-18-13)11-3-4-12-10(8-11)2-1-5-16-12/h1-5,8,13-14H,6-7,9,15H2. The van der Waals surface area contributed by atoms with Gasteiger partial charge in [-0.3, -0.25) is 4.98 Å². The van der Waals surface area contributed by atoms with Gasteiger partial charge in [0, 0.05) is 11.6 Å². The van der Waals surface area contributed by atoms with Crippen LogP contribution in [0.1, 0.15) is 11.6 Å². The molecule has 4 heteroatoms. The van der Waals surface area contributed by atoms with Gasteiger partial charge in [-0.25, -0.2) is 0 Å². The molecule has 1 aliphatic heterocycles. The molecular weight excluding hydrogens is 228 g/mol. The van der Waals surface area contributed by atoms with Crippen LogP contribution in [0.5, 0.6) is 0 Å². The fraction of sp³-hybridized carbons (Fsp3) is 0.357.